The Bertz CT molecular complexity index is 505. The van der Waals surface area contributed by atoms with Gasteiger partial charge in [-0.1, -0.05) is 11.8 Å². The van der Waals surface area contributed by atoms with Gasteiger partial charge in [0.05, 0.1) is 12.0 Å². The second kappa shape index (κ2) is 3.13. The molecule has 3 heterocycles. The Balaban J connectivity index is 2.11. The molecule has 15 heavy (non-hydrogen) atoms. The Labute approximate surface area is 88.6 Å². The summed E-state index contributed by atoms with van der Waals surface area (Å²) in [5.41, 5.74) is 2.67. The number of furan rings is 1. The van der Waals surface area contributed by atoms with Crippen molar-refractivity contribution < 1.29 is 9.21 Å². The van der Waals surface area contributed by atoms with E-state index in [1.165, 1.54) is 16.4 Å². The first-order valence-electron chi connectivity index (χ1n) is 4.26. The van der Waals surface area contributed by atoms with Gasteiger partial charge in [0.15, 0.2) is 5.76 Å². The Morgan fingerprint density at radius 2 is 2.47 bits per heavy atom. The van der Waals surface area contributed by atoms with Crippen LogP contribution in [0.1, 0.15) is 0 Å². The molecule has 76 valence electrons. The van der Waals surface area contributed by atoms with Gasteiger partial charge < -0.3 is 4.42 Å². The third-order valence-corrected chi connectivity index (χ3v) is 2.87. The van der Waals surface area contributed by atoms with E-state index in [-0.39, 0.29) is 5.91 Å². The molecule has 1 N–H and O–H groups in total. The van der Waals surface area contributed by atoms with Gasteiger partial charge in [0.25, 0.3) is 0 Å². The number of rotatable bonds is 1. The lowest BCUT2D eigenvalue weighted by Gasteiger charge is -2.14. The van der Waals surface area contributed by atoms with E-state index in [9.17, 15) is 4.79 Å². The van der Waals surface area contributed by atoms with Crippen molar-refractivity contribution in [3.63, 3.8) is 0 Å². The molecule has 0 spiro atoms. The molecule has 7 heteroatoms. The van der Waals surface area contributed by atoms with Crippen LogP contribution in [0.3, 0.4) is 0 Å². The molecule has 0 fully saturated rings. The Hall–Kier alpha value is -1.76. The number of nitrogens with one attached hydrogen (secondary N) is 1. The van der Waals surface area contributed by atoms with Crippen LogP contribution in [0, 0.1) is 0 Å². The molecule has 0 radical (unpaired) electrons. The molecule has 1 aliphatic heterocycles. The molecular formula is C8H6N4O2S. The van der Waals surface area contributed by atoms with Crippen molar-refractivity contribution in [2.75, 3.05) is 11.2 Å². The molecular weight excluding hydrogens is 216 g/mol. The van der Waals surface area contributed by atoms with Crippen LogP contribution >= 0.6 is 11.8 Å². The summed E-state index contributed by atoms with van der Waals surface area (Å²) in [6.07, 6.45) is 1.55. The largest absolute Gasteiger partial charge is 0.461 e. The minimum absolute atomic E-state index is 0.0693. The van der Waals surface area contributed by atoms with Crippen molar-refractivity contribution in [2.45, 2.75) is 5.16 Å². The van der Waals surface area contributed by atoms with Crippen LogP contribution in [0.2, 0.25) is 0 Å². The van der Waals surface area contributed by atoms with Crippen molar-refractivity contribution >= 4 is 17.7 Å². The van der Waals surface area contributed by atoms with E-state index >= 15 is 0 Å². The van der Waals surface area contributed by atoms with Crippen molar-refractivity contribution in [3.05, 3.63) is 18.4 Å². The number of hydrogen-bond acceptors (Lipinski definition) is 5. The molecule has 0 saturated carbocycles. The molecule has 0 unspecified atom stereocenters. The minimum Gasteiger partial charge on any atom is -0.461 e. The number of aromatic nitrogens is 3. The fourth-order valence-corrected chi connectivity index (χ4v) is 2.00. The molecule has 3 rings (SSSR count). The Kier molecular flexibility index (Phi) is 1.78. The van der Waals surface area contributed by atoms with Gasteiger partial charge in [-0.15, -0.1) is 10.2 Å². The van der Waals surface area contributed by atoms with E-state index in [1.807, 2.05) is 0 Å². The SMILES string of the molecule is O=C1CSc2nnc(-c3ccco3)n2N1. The molecule has 0 aliphatic carbocycles. The number of amides is 1. The first-order chi connectivity index (χ1) is 7.34. The van der Waals surface area contributed by atoms with Crippen LogP contribution in [-0.4, -0.2) is 26.5 Å². The van der Waals surface area contributed by atoms with E-state index in [0.717, 1.165) is 0 Å². The normalized spacial score (nSPS) is 14.8. The molecule has 6 nitrogen and oxygen atoms in total. The Morgan fingerprint density at radius 1 is 1.53 bits per heavy atom. The highest BCUT2D eigenvalue weighted by atomic mass is 32.2. The quantitative estimate of drug-likeness (QED) is 0.769. The van der Waals surface area contributed by atoms with E-state index < -0.39 is 0 Å². The maximum atomic E-state index is 11.2. The molecule has 0 bridgehead atoms. The number of hydrogen-bond donors (Lipinski definition) is 1. The fraction of sp³-hybridized carbons (Fsp3) is 0.125. The number of carbonyl (C=O) groups excluding carboxylic acids is 1. The van der Waals surface area contributed by atoms with Crippen LogP contribution in [0.25, 0.3) is 11.6 Å². The summed E-state index contributed by atoms with van der Waals surface area (Å²) in [6.45, 7) is 0. The molecule has 0 atom stereocenters. The summed E-state index contributed by atoms with van der Waals surface area (Å²) in [5.74, 6) is 1.39. The van der Waals surface area contributed by atoms with Gasteiger partial charge in [-0.2, -0.15) is 0 Å². The predicted molar refractivity (Wildman–Crippen MR) is 52.8 cm³/mol. The molecule has 1 aliphatic rings. The summed E-state index contributed by atoms with van der Waals surface area (Å²) in [6, 6.07) is 3.53. The lowest BCUT2D eigenvalue weighted by molar-refractivity contribution is -0.114. The van der Waals surface area contributed by atoms with Gasteiger partial charge in [0, 0.05) is 0 Å². The minimum atomic E-state index is -0.0693. The molecule has 2 aromatic rings. The van der Waals surface area contributed by atoms with Crippen molar-refractivity contribution in [2.24, 2.45) is 0 Å². The van der Waals surface area contributed by atoms with E-state index in [0.29, 0.717) is 22.5 Å². The van der Waals surface area contributed by atoms with Crippen LogP contribution in [0.15, 0.2) is 28.0 Å². The van der Waals surface area contributed by atoms with E-state index in [4.69, 9.17) is 4.42 Å². The zero-order valence-corrected chi connectivity index (χ0v) is 8.32. The number of nitrogens with zero attached hydrogens (tertiary/aromatic N) is 3. The summed E-state index contributed by atoms with van der Waals surface area (Å²) >= 11 is 1.35. The summed E-state index contributed by atoms with van der Waals surface area (Å²) < 4.78 is 6.73. The van der Waals surface area contributed by atoms with Crippen molar-refractivity contribution in [1.29, 1.82) is 0 Å². The van der Waals surface area contributed by atoms with Crippen LogP contribution in [-0.2, 0) is 4.79 Å². The summed E-state index contributed by atoms with van der Waals surface area (Å²) in [7, 11) is 0. The van der Waals surface area contributed by atoms with Crippen LogP contribution < -0.4 is 5.43 Å². The highest BCUT2D eigenvalue weighted by Gasteiger charge is 2.22. The Morgan fingerprint density at radius 3 is 3.27 bits per heavy atom. The monoisotopic (exact) mass is 222 g/mol. The van der Waals surface area contributed by atoms with Crippen molar-refractivity contribution in [1.82, 2.24) is 14.9 Å². The zero-order chi connectivity index (χ0) is 10.3. The average Bonchev–Trinajstić information content (AvgIpc) is 2.83. The van der Waals surface area contributed by atoms with Gasteiger partial charge in [0.1, 0.15) is 0 Å². The average molecular weight is 222 g/mol. The first kappa shape index (κ1) is 8.54. The van der Waals surface area contributed by atoms with E-state index in [1.54, 1.807) is 18.4 Å². The molecule has 1 amide bonds. The standard InChI is InChI=1S/C8H6N4O2S/c13-6-4-15-8-10-9-7(12(8)11-6)5-2-1-3-14-5/h1-3H,4H2,(H,11,13). The van der Waals surface area contributed by atoms with E-state index in [2.05, 4.69) is 15.6 Å². The van der Waals surface area contributed by atoms with Crippen LogP contribution in [0.4, 0.5) is 0 Å². The molecule has 2 aromatic heterocycles. The third-order valence-electron chi connectivity index (χ3n) is 1.94. The van der Waals surface area contributed by atoms with Gasteiger partial charge >= 0.3 is 0 Å². The topological polar surface area (TPSA) is 73.0 Å². The predicted octanol–water partition coefficient (Wildman–Crippen LogP) is 0.714. The van der Waals surface area contributed by atoms with Crippen molar-refractivity contribution in [3.8, 4) is 11.6 Å². The lowest BCUT2D eigenvalue weighted by atomic mass is 10.4. The first-order valence-corrected chi connectivity index (χ1v) is 5.25. The summed E-state index contributed by atoms with van der Waals surface area (Å²) in [4.78, 5) is 11.2. The number of carbonyl (C=O) groups is 1. The van der Waals surface area contributed by atoms with Crippen LogP contribution in [0.5, 0.6) is 0 Å². The lowest BCUT2D eigenvalue weighted by Crippen LogP contribution is -2.29. The fourth-order valence-electron chi connectivity index (χ4n) is 1.32. The second-order valence-electron chi connectivity index (χ2n) is 2.94. The third kappa shape index (κ3) is 1.32. The maximum Gasteiger partial charge on any atom is 0.249 e. The number of thioether (sulfide) groups is 1. The van der Waals surface area contributed by atoms with Gasteiger partial charge in [-0.05, 0) is 12.1 Å². The van der Waals surface area contributed by atoms with Gasteiger partial charge in [-0.25, -0.2) is 4.68 Å². The zero-order valence-electron chi connectivity index (χ0n) is 7.51. The maximum absolute atomic E-state index is 11.2. The summed E-state index contributed by atoms with van der Waals surface area (Å²) in [5, 5.41) is 8.57. The van der Waals surface area contributed by atoms with Gasteiger partial charge in [0.2, 0.25) is 16.9 Å². The highest BCUT2D eigenvalue weighted by molar-refractivity contribution is 7.99. The second-order valence-corrected chi connectivity index (χ2v) is 3.89. The van der Waals surface area contributed by atoms with Gasteiger partial charge in [-0.3, -0.25) is 10.2 Å². The number of fused-ring (bicyclic) bond motifs is 1. The molecule has 0 aromatic carbocycles. The molecule has 0 saturated heterocycles. The highest BCUT2D eigenvalue weighted by Crippen LogP contribution is 2.25. The smallest absolute Gasteiger partial charge is 0.249 e.